The second-order valence-corrected chi connectivity index (χ2v) is 6.89. The summed E-state index contributed by atoms with van der Waals surface area (Å²) in [6.45, 7) is 5.38. The number of nitrogens with zero attached hydrogens (tertiary/aromatic N) is 2. The molecule has 110 valence electrons. The van der Waals surface area contributed by atoms with Gasteiger partial charge in [0.1, 0.15) is 0 Å². The fourth-order valence-electron chi connectivity index (χ4n) is 4.41. The van der Waals surface area contributed by atoms with Crippen LogP contribution in [0.5, 0.6) is 0 Å². The van der Waals surface area contributed by atoms with Gasteiger partial charge in [-0.2, -0.15) is 0 Å². The summed E-state index contributed by atoms with van der Waals surface area (Å²) < 4.78 is 0. The van der Waals surface area contributed by atoms with E-state index in [4.69, 9.17) is 0 Å². The second kappa shape index (κ2) is 6.55. The summed E-state index contributed by atoms with van der Waals surface area (Å²) in [7, 11) is 0. The molecule has 0 spiro atoms. The van der Waals surface area contributed by atoms with Crippen molar-refractivity contribution in [3.05, 3.63) is 0 Å². The van der Waals surface area contributed by atoms with Crippen LogP contribution in [0.1, 0.15) is 51.4 Å². The summed E-state index contributed by atoms with van der Waals surface area (Å²) in [5.41, 5.74) is 0. The van der Waals surface area contributed by atoms with Gasteiger partial charge in [0.05, 0.1) is 0 Å². The van der Waals surface area contributed by atoms with Gasteiger partial charge < -0.3 is 10.0 Å². The number of hydrogen-bond donors (Lipinski definition) is 1. The van der Waals surface area contributed by atoms with Crippen molar-refractivity contribution in [2.75, 3.05) is 32.8 Å². The Hall–Kier alpha value is -0.120. The zero-order valence-electron chi connectivity index (χ0n) is 12.3. The van der Waals surface area contributed by atoms with Gasteiger partial charge in [-0.1, -0.05) is 19.3 Å². The number of likely N-dealkylation sites (tertiary alicyclic amines) is 2. The van der Waals surface area contributed by atoms with Crippen molar-refractivity contribution in [2.24, 2.45) is 5.92 Å². The molecule has 3 heteroatoms. The smallest absolute Gasteiger partial charge is 0.0471 e. The van der Waals surface area contributed by atoms with Gasteiger partial charge in [0.15, 0.2) is 0 Å². The molecule has 3 rings (SSSR count). The quantitative estimate of drug-likeness (QED) is 0.847. The van der Waals surface area contributed by atoms with Gasteiger partial charge in [-0.25, -0.2) is 0 Å². The van der Waals surface area contributed by atoms with E-state index in [1.807, 2.05) is 0 Å². The molecule has 2 aliphatic heterocycles. The molecule has 2 saturated heterocycles. The molecule has 3 fully saturated rings. The zero-order chi connectivity index (χ0) is 13.1. The van der Waals surface area contributed by atoms with Crippen molar-refractivity contribution in [1.82, 2.24) is 9.80 Å². The van der Waals surface area contributed by atoms with E-state index in [1.54, 1.807) is 0 Å². The van der Waals surface area contributed by atoms with E-state index in [1.165, 1.54) is 71.0 Å². The summed E-state index contributed by atoms with van der Waals surface area (Å²) >= 11 is 0. The molecule has 0 aromatic heterocycles. The lowest BCUT2D eigenvalue weighted by molar-refractivity contribution is 0.0774. The fourth-order valence-corrected chi connectivity index (χ4v) is 4.41. The van der Waals surface area contributed by atoms with Gasteiger partial charge in [0.25, 0.3) is 0 Å². The van der Waals surface area contributed by atoms with Crippen LogP contribution in [0.2, 0.25) is 0 Å². The summed E-state index contributed by atoms with van der Waals surface area (Å²) in [4.78, 5) is 5.42. The van der Waals surface area contributed by atoms with E-state index in [2.05, 4.69) is 9.80 Å². The van der Waals surface area contributed by atoms with Crippen LogP contribution in [0.15, 0.2) is 0 Å². The molecule has 1 atom stereocenters. The van der Waals surface area contributed by atoms with Crippen LogP contribution in [-0.4, -0.2) is 59.8 Å². The Bertz CT molecular complexity index is 270. The van der Waals surface area contributed by atoms with Crippen molar-refractivity contribution >= 4 is 0 Å². The van der Waals surface area contributed by atoms with Crippen molar-refractivity contribution in [3.8, 4) is 0 Å². The Morgan fingerprint density at radius 1 is 0.737 bits per heavy atom. The zero-order valence-corrected chi connectivity index (χ0v) is 12.3. The van der Waals surface area contributed by atoms with E-state index in [-0.39, 0.29) is 0 Å². The van der Waals surface area contributed by atoms with Crippen molar-refractivity contribution < 1.29 is 5.11 Å². The first-order valence-electron chi connectivity index (χ1n) is 8.46. The minimum Gasteiger partial charge on any atom is -0.396 e. The molecular weight excluding hydrogens is 236 g/mol. The van der Waals surface area contributed by atoms with Crippen LogP contribution >= 0.6 is 0 Å². The molecule has 0 radical (unpaired) electrons. The third kappa shape index (κ3) is 3.32. The van der Waals surface area contributed by atoms with Crippen LogP contribution < -0.4 is 0 Å². The van der Waals surface area contributed by atoms with Gasteiger partial charge in [0.2, 0.25) is 0 Å². The Morgan fingerprint density at radius 2 is 1.37 bits per heavy atom. The third-order valence-electron chi connectivity index (χ3n) is 5.68. The Labute approximate surface area is 118 Å². The average Bonchev–Trinajstić information content (AvgIpc) is 2.97. The van der Waals surface area contributed by atoms with Gasteiger partial charge in [0, 0.05) is 25.2 Å². The SMILES string of the molecule is OCC1CCN(C2CCN(C3CCCCC3)CC2)C1. The molecule has 3 aliphatic rings. The molecule has 0 amide bonds. The summed E-state index contributed by atoms with van der Waals surface area (Å²) in [6.07, 6.45) is 11.2. The Kier molecular flexibility index (Phi) is 4.78. The van der Waals surface area contributed by atoms with E-state index in [0.717, 1.165) is 18.6 Å². The first-order valence-corrected chi connectivity index (χ1v) is 8.46. The van der Waals surface area contributed by atoms with Crippen LogP contribution in [-0.2, 0) is 0 Å². The molecule has 0 bridgehead atoms. The molecule has 0 aromatic rings. The highest BCUT2D eigenvalue weighted by Crippen LogP contribution is 2.28. The number of piperidine rings is 1. The average molecular weight is 266 g/mol. The molecule has 1 unspecified atom stereocenters. The third-order valence-corrected chi connectivity index (χ3v) is 5.68. The number of hydrogen-bond acceptors (Lipinski definition) is 3. The molecule has 1 saturated carbocycles. The van der Waals surface area contributed by atoms with E-state index < -0.39 is 0 Å². The van der Waals surface area contributed by atoms with Gasteiger partial charge in [-0.05, 0) is 57.7 Å². The van der Waals surface area contributed by atoms with Crippen molar-refractivity contribution in [3.63, 3.8) is 0 Å². The predicted molar refractivity (Wildman–Crippen MR) is 78.2 cm³/mol. The molecule has 19 heavy (non-hydrogen) atoms. The Morgan fingerprint density at radius 3 is 2.00 bits per heavy atom. The number of aliphatic hydroxyl groups excluding tert-OH is 1. The lowest BCUT2D eigenvalue weighted by Gasteiger charge is -2.41. The highest BCUT2D eigenvalue weighted by Gasteiger charge is 2.32. The van der Waals surface area contributed by atoms with E-state index >= 15 is 0 Å². The lowest BCUT2D eigenvalue weighted by Crippen LogP contribution is -2.48. The van der Waals surface area contributed by atoms with Gasteiger partial charge >= 0.3 is 0 Å². The first-order chi connectivity index (χ1) is 9.36. The molecule has 2 heterocycles. The summed E-state index contributed by atoms with van der Waals surface area (Å²) in [5.74, 6) is 0.552. The fraction of sp³-hybridized carbons (Fsp3) is 1.00. The minimum absolute atomic E-state index is 0.386. The topological polar surface area (TPSA) is 26.7 Å². The minimum atomic E-state index is 0.386. The molecular formula is C16H30N2O. The van der Waals surface area contributed by atoms with Gasteiger partial charge in [-0.15, -0.1) is 0 Å². The highest BCUT2D eigenvalue weighted by molar-refractivity contribution is 4.87. The molecule has 1 N–H and O–H groups in total. The standard InChI is InChI=1S/C16H30N2O/c19-13-14-6-9-18(12-14)16-7-10-17(11-8-16)15-4-2-1-3-5-15/h14-16,19H,1-13H2. The predicted octanol–water partition coefficient (Wildman–Crippen LogP) is 2.10. The Balaban J connectivity index is 1.44. The number of rotatable bonds is 3. The van der Waals surface area contributed by atoms with Crippen molar-refractivity contribution in [1.29, 1.82) is 0 Å². The summed E-state index contributed by atoms with van der Waals surface area (Å²) in [5, 5.41) is 9.26. The van der Waals surface area contributed by atoms with Crippen LogP contribution in [0.25, 0.3) is 0 Å². The van der Waals surface area contributed by atoms with E-state index in [9.17, 15) is 5.11 Å². The molecule has 0 aromatic carbocycles. The van der Waals surface area contributed by atoms with Gasteiger partial charge in [-0.3, -0.25) is 4.90 Å². The first kappa shape index (κ1) is 13.8. The maximum atomic E-state index is 9.26. The molecule has 1 aliphatic carbocycles. The summed E-state index contributed by atoms with van der Waals surface area (Å²) in [6, 6.07) is 1.70. The lowest BCUT2D eigenvalue weighted by atomic mass is 9.92. The maximum absolute atomic E-state index is 9.26. The van der Waals surface area contributed by atoms with Crippen LogP contribution in [0.3, 0.4) is 0 Å². The second-order valence-electron chi connectivity index (χ2n) is 6.89. The van der Waals surface area contributed by atoms with Crippen LogP contribution in [0, 0.1) is 5.92 Å². The van der Waals surface area contributed by atoms with E-state index in [0.29, 0.717) is 12.5 Å². The molecule has 3 nitrogen and oxygen atoms in total. The van der Waals surface area contributed by atoms with Crippen LogP contribution in [0.4, 0.5) is 0 Å². The maximum Gasteiger partial charge on any atom is 0.0471 e. The highest BCUT2D eigenvalue weighted by atomic mass is 16.3. The normalized spacial score (nSPS) is 33.0. The largest absolute Gasteiger partial charge is 0.396 e. The number of aliphatic hydroxyl groups is 1. The van der Waals surface area contributed by atoms with Crippen molar-refractivity contribution in [2.45, 2.75) is 63.5 Å². The monoisotopic (exact) mass is 266 g/mol.